The normalized spacial score (nSPS) is 12.2. The fourth-order valence-electron chi connectivity index (χ4n) is 1.95. The number of hydrazine groups is 1. The Labute approximate surface area is 130 Å². The Morgan fingerprint density at radius 2 is 2.00 bits per heavy atom. The molecule has 0 fully saturated rings. The quantitative estimate of drug-likeness (QED) is 0.645. The number of nitrogens with one attached hydrogen (secondary N) is 1. The van der Waals surface area contributed by atoms with E-state index in [4.69, 9.17) is 22.2 Å². The highest BCUT2D eigenvalue weighted by molar-refractivity contribution is 9.10. The smallest absolute Gasteiger partial charge is 0.132 e. The van der Waals surface area contributed by atoms with Crippen molar-refractivity contribution >= 4 is 27.5 Å². The summed E-state index contributed by atoms with van der Waals surface area (Å²) in [4.78, 5) is 0. The van der Waals surface area contributed by atoms with Crippen LogP contribution in [0.5, 0.6) is 5.75 Å². The predicted molar refractivity (Wildman–Crippen MR) is 81.3 cm³/mol. The first-order valence-corrected chi connectivity index (χ1v) is 6.98. The minimum Gasteiger partial charge on any atom is -0.497 e. The van der Waals surface area contributed by atoms with E-state index in [0.717, 1.165) is 10.0 Å². The molecule has 0 aliphatic carbocycles. The number of ether oxygens (including phenoxy) is 1. The van der Waals surface area contributed by atoms with Gasteiger partial charge < -0.3 is 4.74 Å². The SMILES string of the molecule is COc1ccc(C(NN)c2cc(Cl)ccc2Br)c(F)c1. The topological polar surface area (TPSA) is 47.3 Å². The number of methoxy groups -OCH3 is 1. The van der Waals surface area contributed by atoms with E-state index in [-0.39, 0.29) is 0 Å². The van der Waals surface area contributed by atoms with Gasteiger partial charge in [-0.25, -0.2) is 9.82 Å². The Bertz CT molecular complexity index is 624. The predicted octanol–water partition coefficient (Wildman–Crippen LogP) is 3.80. The van der Waals surface area contributed by atoms with Crippen LogP contribution in [0.25, 0.3) is 0 Å². The highest BCUT2D eigenvalue weighted by atomic mass is 79.9. The lowest BCUT2D eigenvalue weighted by atomic mass is 9.98. The van der Waals surface area contributed by atoms with Crippen LogP contribution in [0.1, 0.15) is 17.2 Å². The molecular weight excluding hydrogens is 347 g/mol. The molecule has 2 rings (SSSR count). The van der Waals surface area contributed by atoms with Crippen LogP contribution >= 0.6 is 27.5 Å². The summed E-state index contributed by atoms with van der Waals surface area (Å²) in [6.07, 6.45) is 0. The molecule has 1 atom stereocenters. The lowest BCUT2D eigenvalue weighted by Crippen LogP contribution is -2.29. The molecule has 3 N–H and O–H groups in total. The Morgan fingerprint density at radius 1 is 1.25 bits per heavy atom. The van der Waals surface area contributed by atoms with Crippen LogP contribution in [0, 0.1) is 5.82 Å². The summed E-state index contributed by atoms with van der Waals surface area (Å²) in [5.74, 6) is 5.63. The van der Waals surface area contributed by atoms with E-state index >= 15 is 0 Å². The van der Waals surface area contributed by atoms with Crippen LogP contribution in [-0.2, 0) is 0 Å². The zero-order valence-electron chi connectivity index (χ0n) is 10.7. The summed E-state index contributed by atoms with van der Waals surface area (Å²) < 4.78 is 19.9. The summed E-state index contributed by atoms with van der Waals surface area (Å²) in [6.45, 7) is 0. The van der Waals surface area contributed by atoms with E-state index in [1.807, 2.05) is 0 Å². The lowest BCUT2D eigenvalue weighted by molar-refractivity contribution is 0.410. The molecule has 0 radical (unpaired) electrons. The summed E-state index contributed by atoms with van der Waals surface area (Å²) in [5.41, 5.74) is 3.78. The van der Waals surface area contributed by atoms with E-state index in [0.29, 0.717) is 16.3 Å². The van der Waals surface area contributed by atoms with Gasteiger partial charge in [0.15, 0.2) is 0 Å². The molecule has 6 heteroatoms. The molecule has 1 unspecified atom stereocenters. The van der Waals surface area contributed by atoms with Crippen LogP contribution in [0.2, 0.25) is 5.02 Å². The number of hydrogen-bond acceptors (Lipinski definition) is 3. The standard InChI is InChI=1S/C14H13BrClFN2O/c1-20-9-3-4-10(13(17)7-9)14(19-18)11-6-8(16)2-5-12(11)15/h2-7,14,19H,18H2,1H3. The molecule has 0 bridgehead atoms. The van der Waals surface area contributed by atoms with Crippen molar-refractivity contribution in [3.05, 3.63) is 62.8 Å². The van der Waals surface area contributed by atoms with Crippen LogP contribution < -0.4 is 16.0 Å². The van der Waals surface area contributed by atoms with E-state index < -0.39 is 11.9 Å². The molecule has 3 nitrogen and oxygen atoms in total. The maximum atomic E-state index is 14.2. The maximum Gasteiger partial charge on any atom is 0.132 e. The third-order valence-corrected chi connectivity index (χ3v) is 3.91. The van der Waals surface area contributed by atoms with E-state index in [2.05, 4.69) is 21.4 Å². The molecule has 0 aromatic heterocycles. The van der Waals surface area contributed by atoms with Crippen molar-refractivity contribution in [2.45, 2.75) is 6.04 Å². The first kappa shape index (κ1) is 15.3. The number of halogens is 3. The zero-order valence-corrected chi connectivity index (χ0v) is 13.0. The van der Waals surface area contributed by atoms with Crippen molar-refractivity contribution in [2.24, 2.45) is 5.84 Å². The summed E-state index contributed by atoms with van der Waals surface area (Å²) in [7, 11) is 1.49. The highest BCUT2D eigenvalue weighted by Crippen LogP contribution is 2.32. The molecule has 0 saturated carbocycles. The molecule has 0 aliphatic heterocycles. The minimum atomic E-state index is -0.519. The Kier molecular flexibility index (Phi) is 4.99. The molecule has 106 valence electrons. The van der Waals surface area contributed by atoms with Crippen molar-refractivity contribution in [3.8, 4) is 5.75 Å². The monoisotopic (exact) mass is 358 g/mol. The molecule has 0 saturated heterocycles. The van der Waals surface area contributed by atoms with Gasteiger partial charge in [0.25, 0.3) is 0 Å². The Hall–Kier alpha value is -1.14. The lowest BCUT2D eigenvalue weighted by Gasteiger charge is -2.19. The third kappa shape index (κ3) is 3.12. The molecule has 0 amide bonds. The van der Waals surface area contributed by atoms with Crippen molar-refractivity contribution in [1.82, 2.24) is 5.43 Å². The van der Waals surface area contributed by atoms with Gasteiger partial charge >= 0.3 is 0 Å². The molecule has 0 aliphatic rings. The first-order valence-electron chi connectivity index (χ1n) is 5.81. The summed E-state index contributed by atoms with van der Waals surface area (Å²) in [6, 6.07) is 9.39. The molecular formula is C14H13BrClFN2O. The first-order chi connectivity index (χ1) is 9.56. The number of nitrogens with two attached hydrogens (primary N) is 1. The van der Waals surface area contributed by atoms with Crippen molar-refractivity contribution < 1.29 is 9.13 Å². The fraction of sp³-hybridized carbons (Fsp3) is 0.143. The van der Waals surface area contributed by atoms with E-state index in [1.54, 1.807) is 30.3 Å². The van der Waals surface area contributed by atoms with Gasteiger partial charge in [-0.3, -0.25) is 5.84 Å². The Morgan fingerprint density at radius 3 is 2.60 bits per heavy atom. The third-order valence-electron chi connectivity index (χ3n) is 2.95. The van der Waals surface area contributed by atoms with Crippen molar-refractivity contribution in [2.75, 3.05) is 7.11 Å². The average Bonchev–Trinajstić information content (AvgIpc) is 2.44. The second kappa shape index (κ2) is 6.54. The van der Waals surface area contributed by atoms with Gasteiger partial charge in [-0.15, -0.1) is 0 Å². The summed E-state index contributed by atoms with van der Waals surface area (Å²) in [5, 5.41) is 0.553. The molecule has 2 aromatic carbocycles. The maximum absolute atomic E-state index is 14.2. The fourth-order valence-corrected chi connectivity index (χ4v) is 2.61. The van der Waals surface area contributed by atoms with Gasteiger partial charge in [0, 0.05) is 21.1 Å². The largest absolute Gasteiger partial charge is 0.497 e. The molecule has 0 spiro atoms. The van der Waals surface area contributed by atoms with Gasteiger partial charge in [-0.05, 0) is 29.8 Å². The Balaban J connectivity index is 2.49. The van der Waals surface area contributed by atoms with Gasteiger partial charge in [-0.2, -0.15) is 0 Å². The minimum absolute atomic E-state index is 0.404. The van der Waals surface area contributed by atoms with E-state index in [1.165, 1.54) is 13.2 Å². The molecule has 2 aromatic rings. The van der Waals surface area contributed by atoms with Crippen LogP contribution in [0.15, 0.2) is 40.9 Å². The summed E-state index contributed by atoms with van der Waals surface area (Å²) >= 11 is 9.41. The second-order valence-corrected chi connectivity index (χ2v) is 5.44. The van der Waals surface area contributed by atoms with Crippen LogP contribution in [0.4, 0.5) is 4.39 Å². The zero-order chi connectivity index (χ0) is 14.7. The van der Waals surface area contributed by atoms with Gasteiger partial charge in [0.1, 0.15) is 11.6 Å². The molecule has 20 heavy (non-hydrogen) atoms. The average molecular weight is 360 g/mol. The molecule has 0 heterocycles. The van der Waals surface area contributed by atoms with Crippen LogP contribution in [-0.4, -0.2) is 7.11 Å². The van der Waals surface area contributed by atoms with Crippen molar-refractivity contribution in [1.29, 1.82) is 0 Å². The number of rotatable bonds is 4. The van der Waals surface area contributed by atoms with Gasteiger partial charge in [0.2, 0.25) is 0 Å². The number of hydrogen-bond donors (Lipinski definition) is 2. The number of benzene rings is 2. The van der Waals surface area contributed by atoms with E-state index in [9.17, 15) is 4.39 Å². The van der Waals surface area contributed by atoms with Gasteiger partial charge in [0.05, 0.1) is 13.2 Å². The highest BCUT2D eigenvalue weighted by Gasteiger charge is 2.19. The van der Waals surface area contributed by atoms with Crippen LogP contribution in [0.3, 0.4) is 0 Å². The van der Waals surface area contributed by atoms with Gasteiger partial charge in [-0.1, -0.05) is 33.6 Å². The van der Waals surface area contributed by atoms with Crippen molar-refractivity contribution in [3.63, 3.8) is 0 Å². The second-order valence-electron chi connectivity index (χ2n) is 4.15.